The second kappa shape index (κ2) is 12.1. The monoisotopic (exact) mass is 566 g/mol. The number of amides is 2. The molecule has 3 N–H and O–H groups in total. The molecule has 1 unspecified atom stereocenters. The van der Waals surface area contributed by atoms with Gasteiger partial charge in [-0.15, -0.1) is 11.3 Å². The summed E-state index contributed by atoms with van der Waals surface area (Å²) in [6.45, 7) is 11.3. The van der Waals surface area contributed by atoms with Gasteiger partial charge in [-0.1, -0.05) is 43.3 Å². The van der Waals surface area contributed by atoms with Crippen molar-refractivity contribution in [3.05, 3.63) is 52.9 Å². The summed E-state index contributed by atoms with van der Waals surface area (Å²) in [5.74, 6) is 0.00472. The molecule has 11 heteroatoms. The normalized spacial score (nSPS) is 21.1. The van der Waals surface area contributed by atoms with Gasteiger partial charge in [0.2, 0.25) is 11.8 Å². The van der Waals surface area contributed by atoms with E-state index in [1.54, 1.807) is 11.3 Å². The molecule has 40 heavy (non-hydrogen) atoms. The first-order valence-corrected chi connectivity index (χ1v) is 14.8. The molecule has 5 rings (SSSR count). The number of carbonyl (C=O) groups excluding carboxylic acids is 2. The highest BCUT2D eigenvalue weighted by Crippen LogP contribution is 2.33. The third-order valence-electron chi connectivity index (χ3n) is 7.84. The van der Waals surface area contributed by atoms with Crippen LogP contribution in [0.5, 0.6) is 0 Å². The molecule has 214 valence electrons. The van der Waals surface area contributed by atoms with Crippen LogP contribution < -0.4 is 15.5 Å². The van der Waals surface area contributed by atoms with Crippen LogP contribution in [0, 0.1) is 12.8 Å². The Bertz CT molecular complexity index is 1320. The fourth-order valence-corrected chi connectivity index (χ4v) is 6.40. The fraction of sp³-hybridized carbons (Fsp3) is 0.517. The molecule has 2 saturated heterocycles. The largest absolute Gasteiger partial charge is 0.391 e. The number of aromatic nitrogens is 2. The molecule has 4 atom stereocenters. The number of anilines is 1. The summed E-state index contributed by atoms with van der Waals surface area (Å²) < 4.78 is 5.68. The number of benzene rings is 1. The summed E-state index contributed by atoms with van der Waals surface area (Å²) in [6, 6.07) is 8.88. The zero-order chi connectivity index (χ0) is 28.4. The molecule has 2 amide bonds. The number of hydrogen-bond donors (Lipinski definition) is 3. The summed E-state index contributed by atoms with van der Waals surface area (Å²) in [4.78, 5) is 36.4. The van der Waals surface area contributed by atoms with Crippen LogP contribution in [0.4, 0.5) is 5.82 Å². The van der Waals surface area contributed by atoms with Crippen LogP contribution in [0.3, 0.4) is 0 Å². The van der Waals surface area contributed by atoms with Crippen molar-refractivity contribution in [1.82, 2.24) is 25.7 Å². The Morgan fingerprint density at radius 2 is 1.90 bits per heavy atom. The van der Waals surface area contributed by atoms with Gasteiger partial charge in [-0.05, 0) is 30.9 Å². The number of piperazine rings is 1. The molecule has 4 heterocycles. The van der Waals surface area contributed by atoms with Crippen LogP contribution in [-0.2, 0) is 9.59 Å². The number of hydrogen-bond acceptors (Lipinski definition) is 9. The third-order valence-corrected chi connectivity index (χ3v) is 8.82. The van der Waals surface area contributed by atoms with Crippen molar-refractivity contribution >= 4 is 29.0 Å². The number of carbonyl (C=O) groups is 2. The topological polar surface area (TPSA) is 124 Å². The first kappa shape index (κ1) is 28.3. The summed E-state index contributed by atoms with van der Waals surface area (Å²) in [7, 11) is 0. The molecular formula is C29H38N6O4S. The Kier molecular flexibility index (Phi) is 8.53. The molecule has 2 aliphatic rings. The zero-order valence-corrected chi connectivity index (χ0v) is 24.3. The van der Waals surface area contributed by atoms with E-state index in [9.17, 15) is 14.7 Å². The highest BCUT2D eigenvalue weighted by atomic mass is 32.1. The Morgan fingerprint density at radius 3 is 2.55 bits per heavy atom. The van der Waals surface area contributed by atoms with Crippen LogP contribution in [0.25, 0.3) is 10.4 Å². The van der Waals surface area contributed by atoms with Crippen LogP contribution in [0.1, 0.15) is 56.2 Å². The van der Waals surface area contributed by atoms with E-state index in [2.05, 4.69) is 25.7 Å². The van der Waals surface area contributed by atoms with Crippen molar-refractivity contribution in [3.63, 3.8) is 0 Å². The van der Waals surface area contributed by atoms with E-state index in [1.807, 2.05) is 63.5 Å². The molecule has 3 aromatic rings. The standard InChI is InChI=1S/C29H38N6O4S/c1-17(2)26(24-14-25(33-39-24)34-11-9-30-10-12-34)29(38)35-15-22(36)13-23(35)28(37)32-18(3)20-5-7-21(8-6-20)27-19(4)31-16-40-27/h5-8,14,16-18,22-23,26,30,36H,9-13,15H2,1-4H3,(H,32,37)/t18-,22+,23-,26?/m0/s1. The lowest BCUT2D eigenvalue weighted by atomic mass is 9.91. The van der Waals surface area contributed by atoms with Crippen molar-refractivity contribution in [1.29, 1.82) is 0 Å². The van der Waals surface area contributed by atoms with E-state index in [4.69, 9.17) is 4.52 Å². The number of nitrogens with zero attached hydrogens (tertiary/aromatic N) is 4. The summed E-state index contributed by atoms with van der Waals surface area (Å²) in [5.41, 5.74) is 4.87. The van der Waals surface area contributed by atoms with Crippen LogP contribution in [0.2, 0.25) is 0 Å². The van der Waals surface area contributed by atoms with Gasteiger partial charge in [-0.25, -0.2) is 4.98 Å². The first-order chi connectivity index (χ1) is 19.2. The highest BCUT2D eigenvalue weighted by molar-refractivity contribution is 7.13. The van der Waals surface area contributed by atoms with E-state index in [0.717, 1.165) is 53.7 Å². The summed E-state index contributed by atoms with van der Waals surface area (Å²) in [5, 5.41) is 21.1. The zero-order valence-electron chi connectivity index (χ0n) is 23.5. The fourth-order valence-electron chi connectivity index (χ4n) is 5.58. The van der Waals surface area contributed by atoms with Gasteiger partial charge in [0, 0.05) is 45.2 Å². The van der Waals surface area contributed by atoms with Gasteiger partial charge in [-0.3, -0.25) is 9.59 Å². The molecule has 0 bridgehead atoms. The maximum atomic E-state index is 13.9. The molecule has 2 aromatic heterocycles. The number of aliphatic hydroxyl groups is 1. The quantitative estimate of drug-likeness (QED) is 0.380. The maximum absolute atomic E-state index is 13.9. The third kappa shape index (κ3) is 5.91. The van der Waals surface area contributed by atoms with Crippen molar-refractivity contribution in [2.24, 2.45) is 5.92 Å². The van der Waals surface area contributed by atoms with Crippen molar-refractivity contribution in [2.45, 2.75) is 58.2 Å². The van der Waals surface area contributed by atoms with E-state index in [1.165, 1.54) is 4.90 Å². The Hall–Kier alpha value is -3.28. The molecule has 0 saturated carbocycles. The average Bonchev–Trinajstić information content (AvgIpc) is 3.69. The van der Waals surface area contributed by atoms with Gasteiger partial charge in [0.05, 0.1) is 28.2 Å². The maximum Gasteiger partial charge on any atom is 0.243 e. The minimum atomic E-state index is -0.768. The molecule has 2 fully saturated rings. The Balaban J connectivity index is 1.28. The highest BCUT2D eigenvalue weighted by Gasteiger charge is 2.43. The van der Waals surface area contributed by atoms with Gasteiger partial charge < -0.3 is 30.1 Å². The molecule has 10 nitrogen and oxygen atoms in total. The van der Waals surface area contributed by atoms with Crippen molar-refractivity contribution in [3.8, 4) is 10.4 Å². The second-order valence-electron chi connectivity index (χ2n) is 11.1. The first-order valence-electron chi connectivity index (χ1n) is 13.9. The van der Waals surface area contributed by atoms with E-state index >= 15 is 0 Å². The van der Waals surface area contributed by atoms with Crippen LogP contribution in [-0.4, -0.2) is 76.8 Å². The SMILES string of the molecule is Cc1ncsc1-c1ccc([C@H](C)NC(=O)[C@@H]2C[C@@H](O)CN2C(=O)C(c2cc(N3CCNCC3)no2)C(C)C)cc1. The van der Waals surface area contributed by atoms with Crippen LogP contribution in [0.15, 0.2) is 40.4 Å². The predicted octanol–water partition coefficient (Wildman–Crippen LogP) is 3.09. The molecule has 2 aliphatic heterocycles. The van der Waals surface area contributed by atoms with E-state index in [0.29, 0.717) is 5.76 Å². The van der Waals surface area contributed by atoms with Crippen molar-refractivity contribution in [2.75, 3.05) is 37.6 Å². The number of aliphatic hydroxyl groups excluding tert-OH is 1. The molecular weight excluding hydrogens is 528 g/mol. The van der Waals surface area contributed by atoms with Gasteiger partial charge >= 0.3 is 0 Å². The lowest BCUT2D eigenvalue weighted by Crippen LogP contribution is -2.48. The lowest BCUT2D eigenvalue weighted by molar-refractivity contribution is -0.141. The van der Waals surface area contributed by atoms with Gasteiger partial charge in [0.1, 0.15) is 12.0 Å². The average molecular weight is 567 g/mol. The number of likely N-dealkylation sites (tertiary alicyclic amines) is 1. The Morgan fingerprint density at radius 1 is 1.18 bits per heavy atom. The van der Waals surface area contributed by atoms with E-state index in [-0.39, 0.29) is 36.7 Å². The number of thiazole rings is 1. The van der Waals surface area contributed by atoms with Gasteiger partial charge in [0.15, 0.2) is 11.6 Å². The van der Waals surface area contributed by atoms with Gasteiger partial charge in [-0.2, -0.15) is 0 Å². The van der Waals surface area contributed by atoms with E-state index < -0.39 is 18.1 Å². The predicted molar refractivity (Wildman–Crippen MR) is 154 cm³/mol. The molecule has 0 spiro atoms. The number of aryl methyl sites for hydroxylation is 1. The van der Waals surface area contributed by atoms with Crippen LogP contribution >= 0.6 is 11.3 Å². The summed E-state index contributed by atoms with van der Waals surface area (Å²) >= 11 is 1.60. The smallest absolute Gasteiger partial charge is 0.243 e. The number of rotatable bonds is 8. The number of nitrogens with one attached hydrogen (secondary N) is 2. The molecule has 1 aromatic carbocycles. The molecule has 0 aliphatic carbocycles. The summed E-state index contributed by atoms with van der Waals surface area (Å²) in [6.07, 6.45) is -0.572. The number of β-amino-alcohol motifs (C(OH)–C–C–N with tert-alkyl or cyclic N) is 1. The minimum Gasteiger partial charge on any atom is -0.391 e. The lowest BCUT2D eigenvalue weighted by Gasteiger charge is -2.29. The second-order valence-corrected chi connectivity index (χ2v) is 11.9. The minimum absolute atomic E-state index is 0.0857. The molecule has 0 radical (unpaired) electrons. The van der Waals surface area contributed by atoms with Gasteiger partial charge in [0.25, 0.3) is 0 Å². The Labute approximate surface area is 238 Å². The van der Waals surface area contributed by atoms with Crippen molar-refractivity contribution < 1.29 is 19.2 Å².